The topological polar surface area (TPSA) is 97.4 Å². The van der Waals surface area contributed by atoms with Crippen LogP contribution >= 0.6 is 15.9 Å². The van der Waals surface area contributed by atoms with E-state index >= 15 is 0 Å². The van der Waals surface area contributed by atoms with Gasteiger partial charge in [-0.1, -0.05) is 15.9 Å². The van der Waals surface area contributed by atoms with Crippen molar-refractivity contribution < 1.29 is 31.1 Å². The van der Waals surface area contributed by atoms with Gasteiger partial charge in [0.15, 0.2) is 0 Å². The zero-order valence-electron chi connectivity index (χ0n) is 15.1. The summed E-state index contributed by atoms with van der Waals surface area (Å²) in [5.41, 5.74) is -0.730. The number of hydrogen-bond acceptors (Lipinski definition) is 6. The van der Waals surface area contributed by atoms with Crippen molar-refractivity contribution in [3.63, 3.8) is 0 Å². The van der Waals surface area contributed by atoms with Crippen LogP contribution in [-0.4, -0.2) is 39.6 Å². The van der Waals surface area contributed by atoms with E-state index < -0.39 is 33.6 Å². The van der Waals surface area contributed by atoms with Crippen LogP contribution in [0.1, 0.15) is 11.1 Å². The summed E-state index contributed by atoms with van der Waals surface area (Å²) in [5.74, 6) is -1.01. The Morgan fingerprint density at radius 3 is 2.62 bits per heavy atom. The standard InChI is InChI=1S/C17H17BrF3N3O4S/c1-28-15(25)10-11-9-12(18)4-5-14(11)29(26,27)24-8-7-23-16-13(17(19,20)21)3-2-6-22-16/h2-6,9,24H,7-8,10H2,1H3,(H,22,23). The lowest BCUT2D eigenvalue weighted by molar-refractivity contribution is -0.140. The number of nitrogens with one attached hydrogen (secondary N) is 2. The van der Waals surface area contributed by atoms with Gasteiger partial charge < -0.3 is 10.1 Å². The quantitative estimate of drug-likeness (QED) is 0.431. The van der Waals surface area contributed by atoms with E-state index in [4.69, 9.17) is 0 Å². The normalized spacial score (nSPS) is 11.9. The second-order valence-electron chi connectivity index (χ2n) is 5.73. The zero-order valence-corrected chi connectivity index (χ0v) is 17.5. The molecule has 0 atom stereocenters. The molecule has 1 heterocycles. The number of carbonyl (C=O) groups excluding carboxylic acids is 1. The number of esters is 1. The molecule has 1 aromatic heterocycles. The fourth-order valence-electron chi connectivity index (χ4n) is 2.39. The average Bonchev–Trinajstić information content (AvgIpc) is 2.64. The maximum atomic E-state index is 12.9. The summed E-state index contributed by atoms with van der Waals surface area (Å²) in [4.78, 5) is 15.1. The van der Waals surface area contributed by atoms with Crippen molar-refractivity contribution in [1.29, 1.82) is 0 Å². The molecule has 1 aromatic carbocycles. The summed E-state index contributed by atoms with van der Waals surface area (Å²) < 4.78 is 71.4. The minimum Gasteiger partial charge on any atom is -0.469 e. The molecule has 0 saturated carbocycles. The van der Waals surface area contributed by atoms with Crippen LogP contribution in [0.5, 0.6) is 0 Å². The zero-order chi connectivity index (χ0) is 21.7. The molecule has 0 amide bonds. The predicted octanol–water partition coefficient (Wildman–Crippen LogP) is 2.97. The molecule has 0 fully saturated rings. The Balaban J connectivity index is 2.08. The second kappa shape index (κ2) is 9.55. The average molecular weight is 496 g/mol. The number of hydrogen-bond donors (Lipinski definition) is 2. The van der Waals surface area contributed by atoms with Gasteiger partial charge in [-0.3, -0.25) is 4.79 Å². The monoisotopic (exact) mass is 495 g/mol. The van der Waals surface area contributed by atoms with Gasteiger partial charge in [-0.15, -0.1) is 0 Å². The summed E-state index contributed by atoms with van der Waals surface area (Å²) in [6, 6.07) is 6.33. The summed E-state index contributed by atoms with van der Waals surface area (Å²) in [6.07, 6.45) is -3.65. The number of alkyl halides is 3. The largest absolute Gasteiger partial charge is 0.469 e. The number of pyridine rings is 1. The number of rotatable bonds is 8. The molecule has 2 aromatic rings. The van der Waals surface area contributed by atoms with Gasteiger partial charge in [0.25, 0.3) is 0 Å². The first kappa shape index (κ1) is 23.1. The molecule has 29 heavy (non-hydrogen) atoms. The highest BCUT2D eigenvalue weighted by Gasteiger charge is 2.34. The van der Waals surface area contributed by atoms with Crippen LogP contribution in [0.25, 0.3) is 0 Å². The highest BCUT2D eigenvalue weighted by molar-refractivity contribution is 9.10. The third-order valence-corrected chi connectivity index (χ3v) is 5.75. The maximum absolute atomic E-state index is 12.9. The first-order valence-electron chi connectivity index (χ1n) is 8.15. The molecule has 2 N–H and O–H groups in total. The van der Waals surface area contributed by atoms with Crippen molar-refractivity contribution in [2.75, 3.05) is 25.5 Å². The SMILES string of the molecule is COC(=O)Cc1cc(Br)ccc1S(=O)(=O)NCCNc1ncccc1C(F)(F)F. The Labute approximate surface area is 173 Å². The van der Waals surface area contributed by atoms with Crippen molar-refractivity contribution in [3.8, 4) is 0 Å². The van der Waals surface area contributed by atoms with Crippen molar-refractivity contribution in [3.05, 3.63) is 52.1 Å². The highest BCUT2D eigenvalue weighted by atomic mass is 79.9. The smallest absolute Gasteiger partial charge is 0.419 e. The highest BCUT2D eigenvalue weighted by Crippen LogP contribution is 2.33. The van der Waals surface area contributed by atoms with Crippen molar-refractivity contribution in [2.45, 2.75) is 17.5 Å². The number of nitrogens with zero attached hydrogens (tertiary/aromatic N) is 1. The Morgan fingerprint density at radius 2 is 1.97 bits per heavy atom. The summed E-state index contributed by atoms with van der Waals surface area (Å²) in [5, 5.41) is 2.47. The van der Waals surface area contributed by atoms with Gasteiger partial charge in [-0.05, 0) is 35.9 Å². The molecule has 7 nitrogen and oxygen atoms in total. The van der Waals surface area contributed by atoms with Crippen LogP contribution < -0.4 is 10.0 Å². The van der Waals surface area contributed by atoms with E-state index in [0.717, 1.165) is 12.1 Å². The lowest BCUT2D eigenvalue weighted by atomic mass is 10.1. The summed E-state index contributed by atoms with van der Waals surface area (Å²) in [6.45, 7) is -0.341. The van der Waals surface area contributed by atoms with Gasteiger partial charge in [0.2, 0.25) is 10.0 Å². The molecular formula is C17H17BrF3N3O4S. The third kappa shape index (κ3) is 6.41. The second-order valence-corrected chi connectivity index (χ2v) is 8.38. The Hall–Kier alpha value is -2.18. The van der Waals surface area contributed by atoms with Crippen LogP contribution in [-0.2, 0) is 32.2 Å². The molecule has 158 valence electrons. The lowest BCUT2D eigenvalue weighted by Gasteiger charge is -2.14. The number of anilines is 1. The van der Waals surface area contributed by atoms with Crippen molar-refractivity contribution >= 4 is 37.7 Å². The maximum Gasteiger partial charge on any atom is 0.419 e. The Morgan fingerprint density at radius 1 is 1.24 bits per heavy atom. The molecular weight excluding hydrogens is 479 g/mol. The van der Waals surface area contributed by atoms with Gasteiger partial charge in [0, 0.05) is 23.8 Å². The van der Waals surface area contributed by atoms with Gasteiger partial charge in [-0.25, -0.2) is 18.1 Å². The van der Waals surface area contributed by atoms with Crippen LogP contribution in [0.4, 0.5) is 19.0 Å². The van der Waals surface area contributed by atoms with E-state index in [1.807, 2.05) is 0 Å². The third-order valence-electron chi connectivity index (χ3n) is 3.70. The van der Waals surface area contributed by atoms with Crippen LogP contribution in [0.2, 0.25) is 0 Å². The van der Waals surface area contributed by atoms with E-state index in [1.54, 1.807) is 0 Å². The van der Waals surface area contributed by atoms with E-state index in [2.05, 4.69) is 35.7 Å². The number of ether oxygens (including phenoxy) is 1. The van der Waals surface area contributed by atoms with E-state index in [0.29, 0.717) is 4.47 Å². The molecule has 0 radical (unpaired) electrons. The van der Waals surface area contributed by atoms with Gasteiger partial charge in [0.1, 0.15) is 5.82 Å². The Bertz CT molecular complexity index is 984. The number of methoxy groups -OCH3 is 1. The molecule has 0 spiro atoms. The molecule has 0 bridgehead atoms. The first-order chi connectivity index (χ1) is 13.5. The number of benzene rings is 1. The van der Waals surface area contributed by atoms with E-state index in [9.17, 15) is 26.4 Å². The lowest BCUT2D eigenvalue weighted by Crippen LogP contribution is -2.30. The van der Waals surface area contributed by atoms with E-state index in [1.165, 1.54) is 31.5 Å². The van der Waals surface area contributed by atoms with Crippen LogP contribution in [0, 0.1) is 0 Å². The van der Waals surface area contributed by atoms with Crippen LogP contribution in [0.15, 0.2) is 45.9 Å². The molecule has 0 aliphatic carbocycles. The predicted molar refractivity (Wildman–Crippen MR) is 103 cm³/mol. The summed E-state index contributed by atoms with van der Waals surface area (Å²) >= 11 is 3.21. The molecule has 12 heteroatoms. The molecule has 0 unspecified atom stereocenters. The van der Waals surface area contributed by atoms with Gasteiger partial charge in [0.05, 0.1) is 24.0 Å². The van der Waals surface area contributed by atoms with Crippen molar-refractivity contribution in [2.24, 2.45) is 0 Å². The molecule has 0 aliphatic rings. The fraction of sp³-hybridized carbons (Fsp3) is 0.294. The van der Waals surface area contributed by atoms with Gasteiger partial charge in [-0.2, -0.15) is 13.2 Å². The molecule has 0 aliphatic heterocycles. The van der Waals surface area contributed by atoms with Crippen LogP contribution in [0.3, 0.4) is 0 Å². The van der Waals surface area contributed by atoms with E-state index in [-0.39, 0.29) is 30.0 Å². The summed E-state index contributed by atoms with van der Waals surface area (Å²) in [7, 11) is -2.83. The number of halogens is 4. The number of aromatic nitrogens is 1. The van der Waals surface area contributed by atoms with Gasteiger partial charge >= 0.3 is 12.1 Å². The fourth-order valence-corrected chi connectivity index (χ4v) is 4.05. The number of sulfonamides is 1. The minimum atomic E-state index is -4.59. The first-order valence-corrected chi connectivity index (χ1v) is 10.4. The minimum absolute atomic E-state index is 0.125. The van der Waals surface area contributed by atoms with Crippen molar-refractivity contribution in [1.82, 2.24) is 9.71 Å². The number of carbonyl (C=O) groups is 1. The molecule has 2 rings (SSSR count). The Kier molecular flexibility index (Phi) is 7.60. The molecule has 0 saturated heterocycles.